The third-order valence-corrected chi connectivity index (χ3v) is 4.90. The molecule has 0 aliphatic carbocycles. The summed E-state index contributed by atoms with van der Waals surface area (Å²) in [5, 5.41) is 4.22. The molecule has 1 N–H and O–H groups in total. The van der Waals surface area contributed by atoms with Gasteiger partial charge in [-0.1, -0.05) is 6.07 Å². The molecule has 0 unspecified atom stereocenters. The molecule has 0 spiro atoms. The zero-order chi connectivity index (χ0) is 21.5. The van der Waals surface area contributed by atoms with Crippen LogP contribution in [0.15, 0.2) is 46.0 Å². The van der Waals surface area contributed by atoms with Crippen molar-refractivity contribution in [1.82, 2.24) is 15.0 Å². The lowest BCUT2D eigenvalue weighted by Crippen LogP contribution is -2.37. The van der Waals surface area contributed by atoms with Gasteiger partial charge in [0.15, 0.2) is 5.82 Å². The summed E-state index contributed by atoms with van der Waals surface area (Å²) in [6.45, 7) is 7.24. The number of rotatable bonds is 8. The van der Waals surface area contributed by atoms with Crippen molar-refractivity contribution in [2.45, 2.75) is 20.3 Å². The van der Waals surface area contributed by atoms with Crippen LogP contribution >= 0.6 is 0 Å². The van der Waals surface area contributed by atoms with Crippen LogP contribution in [0.4, 0.5) is 11.7 Å². The zero-order valence-corrected chi connectivity index (χ0v) is 17.7. The van der Waals surface area contributed by atoms with E-state index in [1.54, 1.807) is 12.4 Å². The fourth-order valence-corrected chi connectivity index (χ4v) is 3.10. The van der Waals surface area contributed by atoms with E-state index in [1.807, 2.05) is 44.2 Å². The zero-order valence-electron chi connectivity index (χ0n) is 17.7. The summed E-state index contributed by atoms with van der Waals surface area (Å²) in [5.74, 6) is 3.16. The second kappa shape index (κ2) is 10.0. The molecule has 3 aromatic heterocycles. The summed E-state index contributed by atoms with van der Waals surface area (Å²) in [5.41, 5.74) is 4.91. The van der Waals surface area contributed by atoms with Crippen LogP contribution in [0, 0.1) is 13.8 Å². The average molecular weight is 422 g/mol. The molecule has 1 aliphatic rings. The van der Waals surface area contributed by atoms with Crippen LogP contribution in [0.3, 0.4) is 0 Å². The number of nitrogens with one attached hydrogen (secondary N) is 1. The molecule has 0 radical (unpaired) electrons. The van der Waals surface area contributed by atoms with Crippen LogP contribution in [0.2, 0.25) is 0 Å². The Balaban J connectivity index is 1.47. The van der Waals surface area contributed by atoms with Crippen molar-refractivity contribution in [1.29, 1.82) is 0 Å². The molecule has 9 nitrogen and oxygen atoms in total. The largest absolute Gasteiger partial charge is 0.477 e. The van der Waals surface area contributed by atoms with Crippen LogP contribution in [-0.4, -0.2) is 54.1 Å². The Hall–Kier alpha value is -3.46. The number of hydrogen-bond donors (Lipinski definition) is 1. The molecule has 0 amide bonds. The number of hydrazone groups is 1. The van der Waals surface area contributed by atoms with E-state index in [4.69, 9.17) is 13.9 Å². The van der Waals surface area contributed by atoms with E-state index >= 15 is 0 Å². The maximum atomic E-state index is 5.92. The summed E-state index contributed by atoms with van der Waals surface area (Å²) >= 11 is 0. The lowest BCUT2D eigenvalue weighted by atomic mass is 10.3. The van der Waals surface area contributed by atoms with Crippen molar-refractivity contribution in [2.75, 3.05) is 43.2 Å². The minimum atomic E-state index is 0.448. The van der Waals surface area contributed by atoms with Gasteiger partial charge in [-0.3, -0.25) is 4.98 Å². The van der Waals surface area contributed by atoms with Gasteiger partial charge in [-0.25, -0.2) is 10.4 Å². The molecule has 4 heterocycles. The van der Waals surface area contributed by atoms with Gasteiger partial charge in [0.05, 0.1) is 26.0 Å². The standard InChI is InChI=1S/C22H26N6O3/c1-16-13-22(31-17(16)2)27-24-15-19-25-20(28-8-11-29-12-9-28)14-21(26-19)30-10-6-18-5-3-4-7-23-18/h3-5,7,13-15,27H,6,8-12H2,1-2H3. The second-order valence-electron chi connectivity index (χ2n) is 7.16. The second-order valence-corrected chi connectivity index (χ2v) is 7.16. The predicted molar refractivity (Wildman–Crippen MR) is 118 cm³/mol. The molecular weight excluding hydrogens is 396 g/mol. The molecule has 0 atom stereocenters. The molecule has 31 heavy (non-hydrogen) atoms. The third kappa shape index (κ3) is 5.79. The van der Waals surface area contributed by atoms with Gasteiger partial charge in [0.1, 0.15) is 11.6 Å². The SMILES string of the molecule is Cc1cc(NN=Cc2nc(OCCc3ccccn3)cc(N3CCOCC3)n2)oc1C. The highest BCUT2D eigenvalue weighted by Crippen LogP contribution is 2.20. The Kier molecular flexibility index (Phi) is 6.73. The van der Waals surface area contributed by atoms with Gasteiger partial charge in [-0.05, 0) is 31.5 Å². The fourth-order valence-electron chi connectivity index (χ4n) is 3.10. The molecular formula is C22H26N6O3. The minimum absolute atomic E-state index is 0.448. The molecule has 1 fully saturated rings. The van der Waals surface area contributed by atoms with Gasteiger partial charge in [0.2, 0.25) is 11.8 Å². The molecule has 0 saturated carbocycles. The Labute approximate surface area is 181 Å². The van der Waals surface area contributed by atoms with Gasteiger partial charge in [-0.2, -0.15) is 10.1 Å². The van der Waals surface area contributed by atoms with Gasteiger partial charge in [0, 0.05) is 43.5 Å². The summed E-state index contributed by atoms with van der Waals surface area (Å²) in [7, 11) is 0. The van der Waals surface area contributed by atoms with E-state index in [9.17, 15) is 0 Å². The van der Waals surface area contributed by atoms with Gasteiger partial charge < -0.3 is 18.8 Å². The molecule has 0 aromatic carbocycles. The number of hydrogen-bond acceptors (Lipinski definition) is 9. The van der Waals surface area contributed by atoms with Crippen LogP contribution in [0.5, 0.6) is 5.88 Å². The molecule has 9 heteroatoms. The van der Waals surface area contributed by atoms with Crippen LogP contribution in [0.1, 0.15) is 22.8 Å². The first-order chi connectivity index (χ1) is 15.2. The lowest BCUT2D eigenvalue weighted by Gasteiger charge is -2.28. The van der Waals surface area contributed by atoms with E-state index in [-0.39, 0.29) is 0 Å². The lowest BCUT2D eigenvalue weighted by molar-refractivity contribution is 0.122. The van der Waals surface area contributed by atoms with Gasteiger partial charge in [0.25, 0.3) is 0 Å². The number of aromatic nitrogens is 3. The summed E-state index contributed by atoms with van der Waals surface area (Å²) < 4.78 is 16.9. The molecule has 1 aliphatic heterocycles. The maximum Gasteiger partial charge on any atom is 0.219 e. The molecule has 1 saturated heterocycles. The highest BCUT2D eigenvalue weighted by molar-refractivity contribution is 5.76. The van der Waals surface area contributed by atoms with Crippen LogP contribution in [0.25, 0.3) is 0 Å². The van der Waals surface area contributed by atoms with Gasteiger partial charge >= 0.3 is 0 Å². The maximum absolute atomic E-state index is 5.92. The number of morpholine rings is 1. The van der Waals surface area contributed by atoms with Crippen molar-refractivity contribution >= 4 is 17.9 Å². The topological polar surface area (TPSA) is 97.9 Å². The summed E-state index contributed by atoms with van der Waals surface area (Å²) in [6, 6.07) is 9.59. The number of aryl methyl sites for hydroxylation is 2. The van der Waals surface area contributed by atoms with Crippen molar-refractivity contribution < 1.29 is 13.9 Å². The Morgan fingerprint density at radius 2 is 2.06 bits per heavy atom. The van der Waals surface area contributed by atoms with Crippen LogP contribution in [-0.2, 0) is 11.2 Å². The summed E-state index contributed by atoms with van der Waals surface area (Å²) in [6.07, 6.45) is 4.03. The molecule has 0 bridgehead atoms. The molecule has 3 aromatic rings. The Morgan fingerprint density at radius 3 is 2.81 bits per heavy atom. The molecule has 162 valence electrons. The normalized spacial score (nSPS) is 14.2. The number of nitrogens with zero attached hydrogens (tertiary/aromatic N) is 5. The highest BCUT2D eigenvalue weighted by Gasteiger charge is 2.15. The first kappa shape index (κ1) is 20.8. The molecule has 4 rings (SSSR count). The monoisotopic (exact) mass is 422 g/mol. The predicted octanol–water partition coefficient (Wildman–Crippen LogP) is 2.99. The fraction of sp³-hybridized carbons (Fsp3) is 0.364. The Morgan fingerprint density at radius 1 is 1.19 bits per heavy atom. The number of ether oxygens (including phenoxy) is 2. The first-order valence-corrected chi connectivity index (χ1v) is 10.3. The van der Waals surface area contributed by atoms with Crippen molar-refractivity contribution in [3.05, 3.63) is 59.4 Å². The van der Waals surface area contributed by atoms with E-state index in [0.717, 1.165) is 35.9 Å². The highest BCUT2D eigenvalue weighted by atomic mass is 16.5. The number of anilines is 2. The van der Waals surface area contributed by atoms with Crippen molar-refractivity contribution in [3.8, 4) is 5.88 Å². The quantitative estimate of drug-likeness (QED) is 0.437. The smallest absolute Gasteiger partial charge is 0.219 e. The van der Waals surface area contributed by atoms with E-state index < -0.39 is 0 Å². The van der Waals surface area contributed by atoms with E-state index in [2.05, 4.69) is 30.4 Å². The minimum Gasteiger partial charge on any atom is -0.477 e. The number of furan rings is 1. The summed E-state index contributed by atoms with van der Waals surface area (Å²) in [4.78, 5) is 15.6. The Bertz CT molecular complexity index is 996. The van der Waals surface area contributed by atoms with E-state index in [1.165, 1.54) is 0 Å². The van der Waals surface area contributed by atoms with Crippen molar-refractivity contribution in [3.63, 3.8) is 0 Å². The van der Waals surface area contributed by atoms with Crippen LogP contribution < -0.4 is 15.1 Å². The number of pyridine rings is 1. The average Bonchev–Trinajstić information content (AvgIpc) is 3.12. The third-order valence-electron chi connectivity index (χ3n) is 4.90. The van der Waals surface area contributed by atoms with Gasteiger partial charge in [-0.15, -0.1) is 0 Å². The van der Waals surface area contributed by atoms with Crippen molar-refractivity contribution in [2.24, 2.45) is 5.10 Å². The van der Waals surface area contributed by atoms with E-state index in [0.29, 0.717) is 43.8 Å². The first-order valence-electron chi connectivity index (χ1n) is 10.3.